The van der Waals surface area contributed by atoms with E-state index in [4.69, 9.17) is 11.6 Å². The van der Waals surface area contributed by atoms with E-state index in [2.05, 4.69) is 134 Å². The normalized spacial score (nSPS) is 14.9. The monoisotopic (exact) mass is 477 g/mol. The second-order valence-corrected chi connectivity index (χ2v) is 9.18. The molecule has 0 aliphatic carbocycles. The number of rotatable bonds is 5. The Morgan fingerprint density at radius 2 is 1.49 bits per heavy atom. The zero-order valence-electron chi connectivity index (χ0n) is 20.5. The van der Waals surface area contributed by atoms with Crippen LogP contribution in [0.4, 0.5) is 11.4 Å². The average molecular weight is 478 g/mol. The van der Waals surface area contributed by atoms with Gasteiger partial charge in [-0.05, 0) is 66.3 Å². The SMILES string of the molecule is CCN(CC)c1ccc(C=c2ccccc2=C2C(c3ccccc3)=[N+](C)c3ccccc32)c(Cl)c1. The number of fused-ring (bicyclic) bond motifs is 1. The molecule has 0 aromatic heterocycles. The Bertz CT molecular complexity index is 1530. The highest BCUT2D eigenvalue weighted by Gasteiger charge is 2.33. The Morgan fingerprint density at radius 1 is 0.800 bits per heavy atom. The first-order valence-corrected chi connectivity index (χ1v) is 12.6. The van der Waals surface area contributed by atoms with Crippen molar-refractivity contribution < 1.29 is 4.58 Å². The van der Waals surface area contributed by atoms with E-state index in [1.54, 1.807) is 0 Å². The van der Waals surface area contributed by atoms with Gasteiger partial charge in [0, 0.05) is 35.4 Å². The number of para-hydroxylation sites is 1. The molecule has 0 amide bonds. The summed E-state index contributed by atoms with van der Waals surface area (Å²) in [4.78, 5) is 2.31. The minimum Gasteiger partial charge on any atom is -0.372 e. The molecule has 1 aliphatic rings. The average Bonchev–Trinajstić information content (AvgIpc) is 3.19. The lowest BCUT2D eigenvalue weighted by atomic mass is 9.94. The van der Waals surface area contributed by atoms with E-state index in [1.807, 2.05) is 0 Å². The van der Waals surface area contributed by atoms with E-state index in [-0.39, 0.29) is 0 Å². The fraction of sp³-hybridized carbons (Fsp3) is 0.156. The summed E-state index contributed by atoms with van der Waals surface area (Å²) < 4.78 is 2.31. The largest absolute Gasteiger partial charge is 0.372 e. The van der Waals surface area contributed by atoms with E-state index >= 15 is 0 Å². The standard InChI is InChI=1S/C32H30ClN2/c1-4-35(5-2)26-20-19-25(29(33)22-26)21-24-15-9-10-16-27(24)31-28-17-11-12-18-30(28)34(3)32(31)23-13-7-6-8-14-23/h6-22H,4-5H2,1-3H3/q+1. The zero-order valence-corrected chi connectivity index (χ0v) is 21.3. The zero-order chi connectivity index (χ0) is 24.4. The predicted octanol–water partition coefficient (Wildman–Crippen LogP) is 5.99. The molecule has 1 heterocycles. The Hall–Kier alpha value is -3.62. The Labute approximate surface area is 212 Å². The van der Waals surface area contributed by atoms with Crippen LogP contribution >= 0.6 is 11.6 Å². The molecule has 3 heteroatoms. The first kappa shape index (κ1) is 23.1. The van der Waals surface area contributed by atoms with E-state index in [1.165, 1.54) is 33.3 Å². The molecule has 0 saturated heterocycles. The van der Waals surface area contributed by atoms with Crippen LogP contribution < -0.4 is 15.3 Å². The quantitative estimate of drug-likeness (QED) is 0.320. The summed E-state index contributed by atoms with van der Waals surface area (Å²) >= 11 is 6.80. The minimum absolute atomic E-state index is 0.769. The van der Waals surface area contributed by atoms with Gasteiger partial charge in [-0.1, -0.05) is 72.3 Å². The van der Waals surface area contributed by atoms with Gasteiger partial charge in [0.05, 0.1) is 11.1 Å². The lowest BCUT2D eigenvalue weighted by Gasteiger charge is -2.21. The third-order valence-corrected chi connectivity index (χ3v) is 7.14. The van der Waals surface area contributed by atoms with Gasteiger partial charge in [-0.2, -0.15) is 4.58 Å². The highest BCUT2D eigenvalue weighted by molar-refractivity contribution is 6.33. The third kappa shape index (κ3) is 4.31. The van der Waals surface area contributed by atoms with Gasteiger partial charge >= 0.3 is 0 Å². The summed E-state index contributed by atoms with van der Waals surface area (Å²) in [7, 11) is 2.16. The summed E-state index contributed by atoms with van der Waals surface area (Å²) in [5, 5.41) is 3.12. The van der Waals surface area contributed by atoms with Crippen molar-refractivity contribution in [1.82, 2.24) is 0 Å². The highest BCUT2D eigenvalue weighted by atomic mass is 35.5. The molecule has 4 aromatic carbocycles. The number of nitrogens with zero attached hydrogens (tertiary/aromatic N) is 2. The summed E-state index contributed by atoms with van der Waals surface area (Å²) in [6.07, 6.45) is 2.21. The van der Waals surface area contributed by atoms with Gasteiger partial charge in [0.1, 0.15) is 7.05 Å². The fourth-order valence-electron chi connectivity index (χ4n) is 5.04. The maximum absolute atomic E-state index is 6.80. The number of anilines is 1. The van der Waals surface area contributed by atoms with Crippen LogP contribution in [0.15, 0.2) is 97.1 Å². The van der Waals surface area contributed by atoms with Gasteiger partial charge in [-0.25, -0.2) is 0 Å². The fourth-order valence-corrected chi connectivity index (χ4v) is 5.27. The van der Waals surface area contributed by atoms with Crippen LogP contribution in [-0.2, 0) is 0 Å². The van der Waals surface area contributed by atoms with Crippen molar-refractivity contribution in [3.63, 3.8) is 0 Å². The lowest BCUT2D eigenvalue weighted by Crippen LogP contribution is -2.30. The predicted molar refractivity (Wildman–Crippen MR) is 150 cm³/mol. The number of hydrogen-bond acceptors (Lipinski definition) is 1. The third-order valence-electron chi connectivity index (χ3n) is 6.81. The molecule has 35 heavy (non-hydrogen) atoms. The molecule has 0 spiro atoms. The molecule has 5 rings (SSSR count). The van der Waals surface area contributed by atoms with Gasteiger partial charge in [0.25, 0.3) is 0 Å². The molecule has 0 saturated carbocycles. The van der Waals surface area contributed by atoms with Crippen molar-refractivity contribution in [2.45, 2.75) is 13.8 Å². The Morgan fingerprint density at radius 3 is 2.23 bits per heavy atom. The van der Waals surface area contributed by atoms with E-state index in [0.717, 1.165) is 34.6 Å². The lowest BCUT2D eigenvalue weighted by molar-refractivity contribution is -0.400. The van der Waals surface area contributed by atoms with Crippen LogP contribution in [0.3, 0.4) is 0 Å². The highest BCUT2D eigenvalue weighted by Crippen LogP contribution is 2.34. The molecular formula is C32H30ClN2+. The van der Waals surface area contributed by atoms with Gasteiger partial charge < -0.3 is 4.90 Å². The molecule has 0 radical (unpaired) electrons. The molecule has 0 atom stereocenters. The molecule has 0 unspecified atom stereocenters. The number of halogens is 1. The van der Waals surface area contributed by atoms with Crippen LogP contribution in [0.5, 0.6) is 0 Å². The van der Waals surface area contributed by atoms with Gasteiger partial charge in [-0.3, -0.25) is 0 Å². The van der Waals surface area contributed by atoms with Crippen molar-refractivity contribution in [2.75, 3.05) is 25.0 Å². The summed E-state index contributed by atoms with van der Waals surface area (Å²) in [5.41, 5.74) is 8.32. The minimum atomic E-state index is 0.769. The number of benzene rings is 4. The van der Waals surface area contributed by atoms with Crippen LogP contribution in [0.25, 0.3) is 11.6 Å². The van der Waals surface area contributed by atoms with Gasteiger partial charge in [0.2, 0.25) is 11.4 Å². The van der Waals surface area contributed by atoms with Crippen molar-refractivity contribution in [3.05, 3.63) is 129 Å². The first-order chi connectivity index (χ1) is 17.1. The van der Waals surface area contributed by atoms with Crippen LogP contribution in [0.2, 0.25) is 5.02 Å². The van der Waals surface area contributed by atoms with Gasteiger partial charge in [0.15, 0.2) is 0 Å². The topological polar surface area (TPSA) is 6.25 Å². The first-order valence-electron chi connectivity index (χ1n) is 12.2. The maximum Gasteiger partial charge on any atom is 0.221 e. The Kier molecular flexibility index (Phi) is 6.57. The van der Waals surface area contributed by atoms with Crippen molar-refractivity contribution in [3.8, 4) is 0 Å². The van der Waals surface area contributed by atoms with Crippen LogP contribution in [0, 0.1) is 0 Å². The molecule has 0 N–H and O–H groups in total. The molecule has 1 aliphatic heterocycles. The second kappa shape index (κ2) is 9.93. The molecule has 4 aromatic rings. The maximum atomic E-state index is 6.80. The van der Waals surface area contributed by atoms with E-state index in [9.17, 15) is 0 Å². The van der Waals surface area contributed by atoms with Gasteiger partial charge in [-0.15, -0.1) is 0 Å². The van der Waals surface area contributed by atoms with Crippen LogP contribution in [0.1, 0.15) is 30.5 Å². The van der Waals surface area contributed by atoms with E-state index < -0.39 is 0 Å². The summed E-state index contributed by atoms with van der Waals surface area (Å²) in [6.45, 7) is 6.26. The van der Waals surface area contributed by atoms with Crippen LogP contribution in [-0.4, -0.2) is 30.4 Å². The molecule has 0 bridgehead atoms. The van der Waals surface area contributed by atoms with Crippen molar-refractivity contribution in [1.29, 1.82) is 0 Å². The smallest absolute Gasteiger partial charge is 0.221 e. The second-order valence-electron chi connectivity index (χ2n) is 8.78. The molecule has 2 nitrogen and oxygen atoms in total. The van der Waals surface area contributed by atoms with Crippen molar-refractivity contribution in [2.24, 2.45) is 0 Å². The summed E-state index contributed by atoms with van der Waals surface area (Å²) in [5.74, 6) is 0. The molecule has 0 fully saturated rings. The van der Waals surface area contributed by atoms with Crippen molar-refractivity contribution >= 4 is 40.3 Å². The Balaban J connectivity index is 1.77. The molecular weight excluding hydrogens is 448 g/mol. The van der Waals surface area contributed by atoms with E-state index in [0.29, 0.717) is 0 Å². The summed E-state index contributed by atoms with van der Waals surface area (Å²) in [6, 6.07) is 34.3. The number of hydrogen-bond donors (Lipinski definition) is 0. The molecule has 174 valence electrons.